The van der Waals surface area contributed by atoms with Crippen molar-refractivity contribution in [1.82, 2.24) is 4.90 Å². The molecular formula is C14H14N2O2. The quantitative estimate of drug-likeness (QED) is 0.792. The van der Waals surface area contributed by atoms with E-state index < -0.39 is 5.97 Å². The molecule has 0 saturated carbocycles. The topological polar surface area (TPSA) is 64.3 Å². The van der Waals surface area contributed by atoms with Crippen LogP contribution in [-0.2, 0) is 11.3 Å². The fourth-order valence-corrected chi connectivity index (χ4v) is 1.67. The van der Waals surface area contributed by atoms with Gasteiger partial charge in [0.2, 0.25) is 0 Å². The molecule has 0 aromatic heterocycles. The van der Waals surface area contributed by atoms with Crippen LogP contribution in [0.5, 0.6) is 0 Å². The minimum absolute atomic E-state index is 0.0936. The summed E-state index contributed by atoms with van der Waals surface area (Å²) < 4.78 is 0. The zero-order valence-corrected chi connectivity index (χ0v) is 10.2. The Labute approximate surface area is 106 Å². The summed E-state index contributed by atoms with van der Waals surface area (Å²) in [5.74, 6) is 1.54. The van der Waals surface area contributed by atoms with Gasteiger partial charge in [-0.2, -0.15) is 5.26 Å². The minimum Gasteiger partial charge on any atom is -0.480 e. The van der Waals surface area contributed by atoms with Gasteiger partial charge in [-0.1, -0.05) is 12.0 Å². The molecule has 0 atom stereocenters. The summed E-state index contributed by atoms with van der Waals surface area (Å²) in [6, 6.07) is 7.40. The molecule has 18 heavy (non-hydrogen) atoms. The second kappa shape index (κ2) is 6.44. The standard InChI is InChI=1S/C14H14N2O2/c1-3-6-16(10-14(17)18)9-13-5-4-12(8-15)7-11(13)2/h1,4-5,7H,6,9-10H2,2H3,(H,17,18). The Balaban J connectivity index is 2.84. The van der Waals surface area contributed by atoms with Crippen LogP contribution >= 0.6 is 0 Å². The van der Waals surface area contributed by atoms with Gasteiger partial charge in [-0.25, -0.2) is 0 Å². The Morgan fingerprint density at radius 3 is 2.78 bits per heavy atom. The lowest BCUT2D eigenvalue weighted by Crippen LogP contribution is -2.30. The molecule has 0 spiro atoms. The van der Waals surface area contributed by atoms with Crippen molar-refractivity contribution >= 4 is 5.97 Å². The van der Waals surface area contributed by atoms with Gasteiger partial charge in [0, 0.05) is 6.54 Å². The second-order valence-corrected chi connectivity index (χ2v) is 4.00. The molecule has 1 aromatic carbocycles. The molecule has 4 nitrogen and oxygen atoms in total. The molecule has 0 aliphatic rings. The van der Waals surface area contributed by atoms with Gasteiger partial charge in [-0.3, -0.25) is 9.69 Å². The van der Waals surface area contributed by atoms with Gasteiger partial charge in [0.05, 0.1) is 24.7 Å². The molecule has 0 heterocycles. The first-order chi connectivity index (χ1) is 8.56. The third kappa shape index (κ3) is 3.93. The number of carbonyl (C=O) groups is 1. The maximum absolute atomic E-state index is 10.7. The zero-order valence-electron chi connectivity index (χ0n) is 10.2. The summed E-state index contributed by atoms with van der Waals surface area (Å²) >= 11 is 0. The molecule has 0 fully saturated rings. The summed E-state index contributed by atoms with van der Waals surface area (Å²) in [6.07, 6.45) is 5.21. The highest BCUT2D eigenvalue weighted by molar-refractivity contribution is 5.69. The number of carboxylic acid groups (broad SMARTS) is 1. The lowest BCUT2D eigenvalue weighted by Gasteiger charge is -2.18. The van der Waals surface area contributed by atoms with Crippen LogP contribution in [0.1, 0.15) is 16.7 Å². The maximum Gasteiger partial charge on any atom is 0.317 e. The fraction of sp³-hybridized carbons (Fsp3) is 0.286. The van der Waals surface area contributed by atoms with Gasteiger partial charge in [0.1, 0.15) is 0 Å². The number of aryl methyl sites for hydroxylation is 1. The molecule has 4 heteroatoms. The van der Waals surface area contributed by atoms with Gasteiger partial charge in [0.25, 0.3) is 0 Å². The van der Waals surface area contributed by atoms with E-state index in [0.29, 0.717) is 12.1 Å². The fourth-order valence-electron chi connectivity index (χ4n) is 1.67. The van der Waals surface area contributed by atoms with Crippen molar-refractivity contribution < 1.29 is 9.90 Å². The number of benzene rings is 1. The van der Waals surface area contributed by atoms with Crippen LogP contribution in [-0.4, -0.2) is 29.1 Å². The molecular weight excluding hydrogens is 228 g/mol. The molecule has 0 unspecified atom stereocenters. The molecule has 0 radical (unpaired) electrons. The van der Waals surface area contributed by atoms with Crippen LogP contribution in [0.25, 0.3) is 0 Å². The van der Waals surface area contributed by atoms with Crippen molar-refractivity contribution in [3.63, 3.8) is 0 Å². The molecule has 1 aromatic rings. The third-order valence-corrected chi connectivity index (χ3v) is 2.54. The van der Waals surface area contributed by atoms with E-state index in [0.717, 1.165) is 11.1 Å². The van der Waals surface area contributed by atoms with Crippen molar-refractivity contribution in [2.75, 3.05) is 13.1 Å². The van der Waals surface area contributed by atoms with E-state index in [1.165, 1.54) is 0 Å². The summed E-state index contributed by atoms with van der Waals surface area (Å²) in [5, 5.41) is 17.6. The number of terminal acetylenes is 1. The Morgan fingerprint density at radius 1 is 1.56 bits per heavy atom. The van der Waals surface area contributed by atoms with E-state index in [1.807, 2.05) is 13.0 Å². The van der Waals surface area contributed by atoms with Gasteiger partial charge in [0.15, 0.2) is 0 Å². The molecule has 0 amide bonds. The predicted molar refractivity (Wildman–Crippen MR) is 67.6 cm³/mol. The first-order valence-electron chi connectivity index (χ1n) is 5.44. The molecule has 1 N–H and O–H groups in total. The van der Waals surface area contributed by atoms with E-state index in [1.54, 1.807) is 17.0 Å². The Morgan fingerprint density at radius 2 is 2.28 bits per heavy atom. The van der Waals surface area contributed by atoms with Gasteiger partial charge in [-0.05, 0) is 30.2 Å². The lowest BCUT2D eigenvalue weighted by molar-refractivity contribution is -0.138. The van der Waals surface area contributed by atoms with Crippen molar-refractivity contribution in [3.8, 4) is 18.4 Å². The summed E-state index contributed by atoms with van der Waals surface area (Å²) in [7, 11) is 0. The Hall–Kier alpha value is -2.30. The van der Waals surface area contributed by atoms with Crippen molar-refractivity contribution in [2.45, 2.75) is 13.5 Å². The number of hydrogen-bond donors (Lipinski definition) is 1. The Bertz CT molecular complexity index is 524. The lowest BCUT2D eigenvalue weighted by atomic mass is 10.1. The van der Waals surface area contributed by atoms with Crippen LogP contribution in [0.4, 0.5) is 0 Å². The zero-order chi connectivity index (χ0) is 13.5. The molecule has 1 rings (SSSR count). The van der Waals surface area contributed by atoms with Gasteiger partial charge in [-0.15, -0.1) is 6.42 Å². The second-order valence-electron chi connectivity index (χ2n) is 4.00. The Kier molecular flexibility index (Phi) is 4.92. The highest BCUT2D eigenvalue weighted by atomic mass is 16.4. The van der Waals surface area contributed by atoms with Gasteiger partial charge < -0.3 is 5.11 Å². The summed E-state index contributed by atoms with van der Waals surface area (Å²) in [5.41, 5.74) is 2.53. The number of carboxylic acids is 1. The molecule has 0 bridgehead atoms. The molecule has 0 aliphatic heterocycles. The van der Waals surface area contributed by atoms with Crippen molar-refractivity contribution in [1.29, 1.82) is 5.26 Å². The van der Waals surface area contributed by atoms with Crippen molar-refractivity contribution in [2.24, 2.45) is 0 Å². The maximum atomic E-state index is 10.7. The van der Waals surface area contributed by atoms with Crippen LogP contribution in [0.15, 0.2) is 18.2 Å². The highest BCUT2D eigenvalue weighted by Crippen LogP contribution is 2.13. The monoisotopic (exact) mass is 242 g/mol. The normalized spacial score (nSPS) is 9.78. The number of hydrogen-bond acceptors (Lipinski definition) is 3. The third-order valence-electron chi connectivity index (χ3n) is 2.54. The van der Waals surface area contributed by atoms with Crippen LogP contribution < -0.4 is 0 Å². The number of aliphatic carboxylic acids is 1. The predicted octanol–water partition coefficient (Wildman–Crippen LogP) is 1.39. The van der Waals surface area contributed by atoms with E-state index in [2.05, 4.69) is 12.0 Å². The van der Waals surface area contributed by atoms with Gasteiger partial charge >= 0.3 is 5.97 Å². The van der Waals surface area contributed by atoms with E-state index >= 15 is 0 Å². The largest absolute Gasteiger partial charge is 0.480 e. The molecule has 0 saturated heterocycles. The van der Waals surface area contributed by atoms with Crippen molar-refractivity contribution in [3.05, 3.63) is 34.9 Å². The number of nitrogens with zero attached hydrogens (tertiary/aromatic N) is 2. The van der Waals surface area contributed by atoms with E-state index in [9.17, 15) is 4.79 Å². The first kappa shape index (κ1) is 13.8. The molecule has 92 valence electrons. The SMILES string of the molecule is C#CCN(CC(=O)O)Cc1ccc(C#N)cc1C. The average Bonchev–Trinajstić information content (AvgIpc) is 2.31. The molecule has 0 aliphatic carbocycles. The van der Waals surface area contributed by atoms with Crippen LogP contribution in [0.2, 0.25) is 0 Å². The average molecular weight is 242 g/mol. The summed E-state index contributed by atoms with van der Waals surface area (Å²) in [4.78, 5) is 12.4. The number of rotatable bonds is 5. The van der Waals surface area contributed by atoms with E-state index in [4.69, 9.17) is 16.8 Å². The van der Waals surface area contributed by atoms with E-state index in [-0.39, 0.29) is 13.1 Å². The first-order valence-corrected chi connectivity index (χ1v) is 5.44. The smallest absolute Gasteiger partial charge is 0.317 e. The number of nitriles is 1. The van der Waals surface area contributed by atoms with Crippen LogP contribution in [0.3, 0.4) is 0 Å². The highest BCUT2D eigenvalue weighted by Gasteiger charge is 2.10. The summed E-state index contributed by atoms with van der Waals surface area (Å²) in [6.45, 7) is 2.55. The van der Waals surface area contributed by atoms with Crippen LogP contribution in [0, 0.1) is 30.6 Å². The minimum atomic E-state index is -0.906.